The highest BCUT2D eigenvalue weighted by molar-refractivity contribution is 6.01. The van der Waals surface area contributed by atoms with Gasteiger partial charge in [0.05, 0.1) is 5.71 Å². The molecule has 1 atom stereocenters. The quantitative estimate of drug-likeness (QED) is 0.627. The van der Waals surface area contributed by atoms with E-state index in [0.29, 0.717) is 23.5 Å². The first-order valence-corrected chi connectivity index (χ1v) is 7.01. The minimum Gasteiger partial charge on any atom is -0.508 e. The summed E-state index contributed by atoms with van der Waals surface area (Å²) in [5.74, 6) is 0.200. The van der Waals surface area contributed by atoms with Crippen LogP contribution in [0.15, 0.2) is 29.1 Å². The van der Waals surface area contributed by atoms with Crippen LogP contribution >= 0.6 is 0 Å². The normalized spacial score (nSPS) is 15.6. The number of anilines is 1. The Labute approximate surface area is 122 Å². The molecule has 6 nitrogen and oxygen atoms in total. The highest BCUT2D eigenvalue weighted by Crippen LogP contribution is 2.36. The summed E-state index contributed by atoms with van der Waals surface area (Å²) >= 11 is 0. The van der Waals surface area contributed by atoms with Gasteiger partial charge in [-0.05, 0) is 24.1 Å². The molecule has 1 aromatic carbocycles. The molecule has 0 fully saturated rings. The van der Waals surface area contributed by atoms with Crippen molar-refractivity contribution in [3.63, 3.8) is 0 Å². The van der Waals surface area contributed by atoms with Gasteiger partial charge in [-0.2, -0.15) is 0 Å². The first kappa shape index (κ1) is 13.5. The minimum absolute atomic E-state index is 0.105. The maximum absolute atomic E-state index is 12.4. The summed E-state index contributed by atoms with van der Waals surface area (Å²) in [6, 6.07) is 6.81. The summed E-state index contributed by atoms with van der Waals surface area (Å²) < 4.78 is 3.48. The lowest BCUT2D eigenvalue weighted by Gasteiger charge is -2.07. The van der Waals surface area contributed by atoms with Crippen LogP contribution in [0.3, 0.4) is 0 Å². The van der Waals surface area contributed by atoms with E-state index in [1.165, 1.54) is 0 Å². The van der Waals surface area contributed by atoms with Crippen LogP contribution in [-0.4, -0.2) is 27.2 Å². The van der Waals surface area contributed by atoms with E-state index >= 15 is 0 Å². The number of aromatic hydroxyl groups is 1. The van der Waals surface area contributed by atoms with Crippen LogP contribution in [0.5, 0.6) is 5.75 Å². The van der Waals surface area contributed by atoms with E-state index in [-0.39, 0.29) is 17.5 Å². The lowest BCUT2D eigenvalue weighted by Crippen LogP contribution is -2.16. The van der Waals surface area contributed by atoms with E-state index in [4.69, 9.17) is 5.41 Å². The Hall–Kier alpha value is -2.50. The first-order valence-electron chi connectivity index (χ1n) is 7.01. The Bertz CT molecular complexity index is 755. The van der Waals surface area contributed by atoms with Crippen molar-refractivity contribution < 1.29 is 5.11 Å². The summed E-state index contributed by atoms with van der Waals surface area (Å²) in [6.07, 6.45) is 1.34. The average Bonchev–Trinajstić information content (AvgIpc) is 3.12. The SMILES string of the molecule is CCCC(=N)c1c(NC)c(=O)n2n1C2c1ccc(O)cc1. The van der Waals surface area contributed by atoms with Gasteiger partial charge >= 0.3 is 0 Å². The number of hydrogen-bond acceptors (Lipinski definition) is 4. The Kier molecular flexibility index (Phi) is 3.08. The number of fused-ring (bicyclic) bond motifs is 1. The second kappa shape index (κ2) is 4.80. The van der Waals surface area contributed by atoms with Gasteiger partial charge in [0.2, 0.25) is 0 Å². The maximum atomic E-state index is 12.4. The molecule has 0 aliphatic carbocycles. The Morgan fingerprint density at radius 2 is 2.00 bits per heavy atom. The molecule has 0 saturated heterocycles. The van der Waals surface area contributed by atoms with Crippen LogP contribution in [0, 0.1) is 5.41 Å². The molecule has 1 unspecified atom stereocenters. The van der Waals surface area contributed by atoms with Gasteiger partial charge in [0.25, 0.3) is 5.56 Å². The molecule has 3 rings (SSSR count). The summed E-state index contributed by atoms with van der Waals surface area (Å²) in [5.41, 5.74) is 2.45. The molecule has 0 amide bonds. The lowest BCUT2D eigenvalue weighted by molar-refractivity contribution is 0.475. The summed E-state index contributed by atoms with van der Waals surface area (Å²) in [4.78, 5) is 12.4. The van der Waals surface area contributed by atoms with Crippen molar-refractivity contribution in [2.75, 3.05) is 12.4 Å². The van der Waals surface area contributed by atoms with E-state index < -0.39 is 0 Å². The van der Waals surface area contributed by atoms with Crippen LogP contribution in [0.1, 0.15) is 37.2 Å². The van der Waals surface area contributed by atoms with Crippen molar-refractivity contribution in [2.45, 2.75) is 25.9 Å². The Balaban J connectivity index is 2.04. The summed E-state index contributed by atoms with van der Waals surface area (Å²) in [6.45, 7) is 2.02. The van der Waals surface area contributed by atoms with Gasteiger partial charge < -0.3 is 15.8 Å². The van der Waals surface area contributed by atoms with E-state index in [9.17, 15) is 9.90 Å². The number of phenols is 1. The van der Waals surface area contributed by atoms with Crippen LogP contribution in [-0.2, 0) is 0 Å². The molecule has 1 aromatic heterocycles. The Morgan fingerprint density at radius 3 is 2.57 bits per heavy atom. The van der Waals surface area contributed by atoms with Gasteiger partial charge in [0.1, 0.15) is 17.1 Å². The summed E-state index contributed by atoms with van der Waals surface area (Å²) in [5, 5.41) is 20.5. The molecule has 1 aliphatic rings. The van der Waals surface area contributed by atoms with Crippen molar-refractivity contribution in [1.29, 1.82) is 5.41 Å². The fourth-order valence-corrected chi connectivity index (χ4v) is 2.75. The third kappa shape index (κ3) is 1.94. The number of hydrogen-bond donors (Lipinski definition) is 3. The van der Waals surface area contributed by atoms with Gasteiger partial charge in [0, 0.05) is 7.05 Å². The molecular formula is C15H18N4O2. The van der Waals surface area contributed by atoms with Gasteiger partial charge in [-0.25, -0.2) is 9.36 Å². The fourth-order valence-electron chi connectivity index (χ4n) is 2.75. The van der Waals surface area contributed by atoms with Crippen LogP contribution < -0.4 is 10.9 Å². The van der Waals surface area contributed by atoms with Crippen LogP contribution in [0.4, 0.5) is 5.69 Å². The fraction of sp³-hybridized carbons (Fsp3) is 0.333. The zero-order valence-electron chi connectivity index (χ0n) is 12.1. The molecule has 2 aromatic rings. The van der Waals surface area contributed by atoms with Gasteiger partial charge in [-0.1, -0.05) is 25.5 Å². The molecule has 0 bridgehead atoms. The number of rotatable bonds is 5. The molecule has 1 aliphatic heterocycles. The van der Waals surface area contributed by atoms with E-state index in [0.717, 1.165) is 12.0 Å². The molecule has 3 N–H and O–H groups in total. The van der Waals surface area contributed by atoms with Crippen molar-refractivity contribution in [3.05, 3.63) is 45.9 Å². The lowest BCUT2D eigenvalue weighted by atomic mass is 10.1. The van der Waals surface area contributed by atoms with Gasteiger partial charge in [-0.15, -0.1) is 0 Å². The predicted octanol–water partition coefficient (Wildman–Crippen LogP) is 1.97. The molecule has 0 spiro atoms. The Morgan fingerprint density at radius 1 is 1.33 bits per heavy atom. The van der Waals surface area contributed by atoms with Crippen LogP contribution in [0.2, 0.25) is 0 Å². The molecular weight excluding hydrogens is 268 g/mol. The number of benzene rings is 1. The van der Waals surface area contributed by atoms with Crippen molar-refractivity contribution in [2.24, 2.45) is 0 Å². The van der Waals surface area contributed by atoms with Crippen molar-refractivity contribution in [1.82, 2.24) is 9.36 Å². The van der Waals surface area contributed by atoms with Crippen molar-refractivity contribution in [3.8, 4) is 5.75 Å². The molecule has 110 valence electrons. The van der Waals surface area contributed by atoms with Crippen molar-refractivity contribution >= 4 is 11.4 Å². The molecule has 21 heavy (non-hydrogen) atoms. The topological polar surface area (TPSA) is 83.0 Å². The highest BCUT2D eigenvalue weighted by Gasteiger charge is 2.41. The van der Waals surface area contributed by atoms with Gasteiger partial charge in [0.15, 0.2) is 6.17 Å². The smallest absolute Gasteiger partial charge is 0.293 e. The monoisotopic (exact) mass is 286 g/mol. The maximum Gasteiger partial charge on any atom is 0.293 e. The first-order chi connectivity index (χ1) is 10.1. The number of nitrogens with zero attached hydrogens (tertiary/aromatic N) is 2. The minimum atomic E-state index is -0.164. The standard InChI is InChI=1S/C15H18N4O2/c1-3-4-11(16)13-12(17-2)15(21)19-14(18(13)19)9-5-7-10(20)8-6-9/h5-8,14,16-17,20H,3-4H2,1-2H3. The molecule has 6 heteroatoms. The number of aromatic nitrogens is 2. The van der Waals surface area contributed by atoms with E-state index in [1.54, 1.807) is 36.0 Å². The summed E-state index contributed by atoms with van der Waals surface area (Å²) in [7, 11) is 1.70. The highest BCUT2D eigenvalue weighted by atomic mass is 16.3. The molecule has 0 saturated carbocycles. The zero-order chi connectivity index (χ0) is 15.1. The number of phenolic OH excluding ortho intramolecular Hbond substituents is 1. The molecule has 0 radical (unpaired) electrons. The molecule has 2 heterocycles. The van der Waals surface area contributed by atoms with E-state index in [2.05, 4.69) is 5.32 Å². The second-order valence-corrected chi connectivity index (χ2v) is 5.16. The van der Waals surface area contributed by atoms with Crippen LogP contribution in [0.25, 0.3) is 0 Å². The number of nitrogens with one attached hydrogen (secondary N) is 2. The van der Waals surface area contributed by atoms with Gasteiger partial charge in [-0.3, -0.25) is 4.79 Å². The zero-order valence-corrected chi connectivity index (χ0v) is 12.1. The predicted molar refractivity (Wildman–Crippen MR) is 81.6 cm³/mol. The third-order valence-electron chi connectivity index (χ3n) is 3.76. The second-order valence-electron chi connectivity index (χ2n) is 5.16. The van der Waals surface area contributed by atoms with E-state index in [1.807, 2.05) is 11.6 Å². The average molecular weight is 286 g/mol. The third-order valence-corrected chi connectivity index (χ3v) is 3.76. The largest absolute Gasteiger partial charge is 0.508 e.